The molecule has 2 aromatic rings. The van der Waals surface area contributed by atoms with Gasteiger partial charge in [-0.25, -0.2) is 9.13 Å². The molecule has 3 heteroatoms. The highest BCUT2D eigenvalue weighted by Gasteiger charge is 2.18. The number of nitrogens with zero attached hydrogens (tertiary/aromatic N) is 2. The van der Waals surface area contributed by atoms with Crippen molar-refractivity contribution < 1.29 is 4.57 Å². The second-order valence-corrected chi connectivity index (χ2v) is 9.30. The van der Waals surface area contributed by atoms with E-state index in [0.717, 1.165) is 12.4 Å². The van der Waals surface area contributed by atoms with Gasteiger partial charge in [-0.15, -0.1) is 11.8 Å². The number of thioether (sulfide) groups is 1. The van der Waals surface area contributed by atoms with Crippen molar-refractivity contribution in [2.45, 2.75) is 103 Å². The van der Waals surface area contributed by atoms with Gasteiger partial charge in [-0.1, -0.05) is 89.8 Å². The van der Waals surface area contributed by atoms with Crippen molar-refractivity contribution in [1.82, 2.24) is 4.57 Å². The Balaban J connectivity index is 1.84. The van der Waals surface area contributed by atoms with E-state index in [1.807, 2.05) is 0 Å². The van der Waals surface area contributed by atoms with Crippen LogP contribution in [-0.2, 0) is 12.4 Å². The Morgan fingerprint density at radius 2 is 1.38 bits per heavy atom. The summed E-state index contributed by atoms with van der Waals surface area (Å²) in [5.41, 5.74) is 1.34. The lowest BCUT2D eigenvalue weighted by Gasteiger charge is -2.06. The van der Waals surface area contributed by atoms with Gasteiger partial charge in [0, 0.05) is 0 Å². The highest BCUT2D eigenvalue weighted by molar-refractivity contribution is 7.98. The van der Waals surface area contributed by atoms with E-state index in [4.69, 9.17) is 0 Å². The molecule has 0 spiro atoms. The molecule has 2 nitrogen and oxygen atoms in total. The first kappa shape index (κ1) is 24.1. The Labute approximate surface area is 184 Å². The normalized spacial score (nSPS) is 11.2. The summed E-state index contributed by atoms with van der Waals surface area (Å²) in [6, 6.07) is 10.9. The van der Waals surface area contributed by atoms with Gasteiger partial charge in [-0.3, -0.25) is 0 Å². The third-order valence-electron chi connectivity index (χ3n) is 5.63. The lowest BCUT2D eigenvalue weighted by molar-refractivity contribution is -0.664. The van der Waals surface area contributed by atoms with Crippen LogP contribution in [-0.4, -0.2) is 10.3 Å². The van der Waals surface area contributed by atoms with Crippen molar-refractivity contribution >= 4 is 11.8 Å². The van der Waals surface area contributed by atoms with Crippen LogP contribution in [0.2, 0.25) is 0 Å². The second-order valence-electron chi connectivity index (χ2n) is 8.22. The van der Waals surface area contributed by atoms with Crippen LogP contribution in [0, 0.1) is 0 Å². The molecule has 0 unspecified atom stereocenters. The standard InChI is InChI=1S/C26H43N2S/c1-3-5-7-9-11-16-20-27-21-22-28(26(27)25-18-14-13-15-19-25)24-29-23-17-12-10-8-6-4-2/h13-15,18-19,21-22H,3-12,16-17,20,23-24H2,1-2H3/q+1. The first-order valence-corrected chi connectivity index (χ1v) is 13.2. The molecular weight excluding hydrogens is 372 g/mol. The summed E-state index contributed by atoms with van der Waals surface area (Å²) < 4.78 is 4.93. The van der Waals surface area contributed by atoms with E-state index in [1.54, 1.807) is 0 Å². The zero-order chi connectivity index (χ0) is 20.6. The third-order valence-corrected chi connectivity index (χ3v) is 6.67. The van der Waals surface area contributed by atoms with Crippen LogP contribution < -0.4 is 4.57 Å². The number of rotatable bonds is 17. The van der Waals surface area contributed by atoms with Crippen LogP contribution >= 0.6 is 11.8 Å². The molecule has 29 heavy (non-hydrogen) atoms. The zero-order valence-corrected chi connectivity index (χ0v) is 19.8. The average molecular weight is 416 g/mol. The topological polar surface area (TPSA) is 8.81 Å². The summed E-state index contributed by atoms with van der Waals surface area (Å²) in [6.45, 7) is 5.70. The zero-order valence-electron chi connectivity index (χ0n) is 19.0. The number of benzene rings is 1. The monoisotopic (exact) mass is 415 g/mol. The van der Waals surface area contributed by atoms with Crippen LogP contribution in [0.1, 0.15) is 90.9 Å². The number of aromatic nitrogens is 2. The van der Waals surface area contributed by atoms with E-state index in [9.17, 15) is 0 Å². The van der Waals surface area contributed by atoms with Crippen LogP contribution in [0.25, 0.3) is 11.4 Å². The van der Waals surface area contributed by atoms with Crippen LogP contribution in [0.3, 0.4) is 0 Å². The maximum atomic E-state index is 2.47. The molecule has 0 atom stereocenters. The highest BCUT2D eigenvalue weighted by Crippen LogP contribution is 2.19. The summed E-state index contributed by atoms with van der Waals surface area (Å²) in [5, 5.41) is 0. The van der Waals surface area contributed by atoms with Crippen LogP contribution in [0.15, 0.2) is 42.7 Å². The van der Waals surface area contributed by atoms with E-state index in [0.29, 0.717) is 0 Å². The molecule has 0 saturated carbocycles. The number of hydrogen-bond acceptors (Lipinski definition) is 1. The van der Waals surface area contributed by atoms with E-state index in [1.165, 1.54) is 94.2 Å². The minimum absolute atomic E-state index is 1.06. The van der Waals surface area contributed by atoms with Crippen molar-refractivity contribution in [3.63, 3.8) is 0 Å². The summed E-state index contributed by atoms with van der Waals surface area (Å²) >= 11 is 2.08. The van der Waals surface area contributed by atoms with E-state index < -0.39 is 0 Å². The maximum Gasteiger partial charge on any atom is 0.289 e. The number of aryl methyl sites for hydroxylation is 1. The van der Waals surface area contributed by atoms with Crippen molar-refractivity contribution in [2.24, 2.45) is 0 Å². The van der Waals surface area contributed by atoms with Gasteiger partial charge in [0.2, 0.25) is 0 Å². The Hall–Kier alpha value is -1.22. The van der Waals surface area contributed by atoms with Gasteiger partial charge in [0.1, 0.15) is 18.3 Å². The molecule has 0 aliphatic carbocycles. The Kier molecular flexibility index (Phi) is 12.9. The molecule has 162 valence electrons. The van der Waals surface area contributed by atoms with E-state index in [2.05, 4.69) is 77.5 Å². The minimum atomic E-state index is 1.06. The highest BCUT2D eigenvalue weighted by atomic mass is 32.2. The van der Waals surface area contributed by atoms with Gasteiger partial charge >= 0.3 is 0 Å². The second kappa shape index (κ2) is 15.6. The molecule has 0 bridgehead atoms. The molecule has 1 aromatic carbocycles. The average Bonchev–Trinajstić information content (AvgIpc) is 3.16. The summed E-state index contributed by atoms with van der Waals surface area (Å²) in [7, 11) is 0. The molecule has 0 aliphatic rings. The Bertz CT molecular complexity index is 635. The largest absolute Gasteiger partial charge is 0.289 e. The molecule has 0 aliphatic heterocycles. The minimum Gasteiger partial charge on any atom is -0.230 e. The molecule has 1 aromatic heterocycles. The summed E-state index contributed by atoms with van der Waals surface area (Å²) in [6.07, 6.45) is 21.0. The van der Waals surface area contributed by atoms with Crippen molar-refractivity contribution in [3.8, 4) is 11.4 Å². The van der Waals surface area contributed by atoms with E-state index in [-0.39, 0.29) is 0 Å². The van der Waals surface area contributed by atoms with Gasteiger partial charge in [0.05, 0.1) is 12.1 Å². The SMILES string of the molecule is CCCCCCCCSC[n+]1ccn(CCCCCCCC)c1-c1ccccc1. The molecule has 0 fully saturated rings. The number of imidazole rings is 1. The van der Waals surface area contributed by atoms with Gasteiger partial charge in [0.15, 0.2) is 0 Å². The summed E-state index contributed by atoms with van der Waals surface area (Å²) in [5.74, 6) is 3.70. The molecular formula is C26H43N2S+. The van der Waals surface area contributed by atoms with Crippen LogP contribution in [0.4, 0.5) is 0 Å². The molecule has 2 rings (SSSR count). The van der Waals surface area contributed by atoms with Gasteiger partial charge in [-0.2, -0.15) is 0 Å². The fraction of sp³-hybridized carbons (Fsp3) is 0.654. The molecule has 1 heterocycles. The van der Waals surface area contributed by atoms with Gasteiger partial charge in [0.25, 0.3) is 5.82 Å². The number of unbranched alkanes of at least 4 members (excludes halogenated alkanes) is 10. The van der Waals surface area contributed by atoms with Crippen molar-refractivity contribution in [3.05, 3.63) is 42.7 Å². The molecule has 0 radical (unpaired) electrons. The van der Waals surface area contributed by atoms with Crippen molar-refractivity contribution in [2.75, 3.05) is 5.75 Å². The lowest BCUT2D eigenvalue weighted by Crippen LogP contribution is -2.33. The lowest BCUT2D eigenvalue weighted by atomic mass is 10.1. The van der Waals surface area contributed by atoms with Gasteiger partial charge in [-0.05, 0) is 37.1 Å². The third kappa shape index (κ3) is 9.42. The first-order chi connectivity index (χ1) is 14.4. The summed E-state index contributed by atoms with van der Waals surface area (Å²) in [4.78, 5) is 0. The number of hydrogen-bond donors (Lipinski definition) is 0. The maximum absolute atomic E-state index is 2.47. The Morgan fingerprint density at radius 3 is 2.07 bits per heavy atom. The fourth-order valence-electron chi connectivity index (χ4n) is 3.88. The van der Waals surface area contributed by atoms with E-state index >= 15 is 0 Å². The quantitative estimate of drug-likeness (QED) is 0.189. The Morgan fingerprint density at radius 1 is 0.759 bits per heavy atom. The molecule has 0 amide bonds. The first-order valence-electron chi connectivity index (χ1n) is 12.1. The van der Waals surface area contributed by atoms with Crippen LogP contribution in [0.5, 0.6) is 0 Å². The molecule has 0 N–H and O–H groups in total. The fourth-order valence-corrected chi connectivity index (χ4v) is 4.82. The predicted molar refractivity (Wildman–Crippen MR) is 129 cm³/mol. The predicted octanol–water partition coefficient (Wildman–Crippen LogP) is 7.85. The molecule has 0 saturated heterocycles. The van der Waals surface area contributed by atoms with Gasteiger partial charge < -0.3 is 0 Å². The smallest absolute Gasteiger partial charge is 0.230 e. The van der Waals surface area contributed by atoms with Crippen molar-refractivity contribution in [1.29, 1.82) is 0 Å².